The van der Waals surface area contributed by atoms with Gasteiger partial charge in [0.25, 0.3) is 0 Å². The van der Waals surface area contributed by atoms with Gasteiger partial charge in [-0.1, -0.05) is 11.3 Å². The summed E-state index contributed by atoms with van der Waals surface area (Å²) >= 11 is 1.57. The standard InChI is InChI=1S/C17H20N4OS/c1-10-5-14(6-11(2)19-10)16-15(7-18)20-17(23-16)21-8-12(3)22-13(4)9-21/h5-6,12-13H,8-9H2,1-4H3. The van der Waals surface area contributed by atoms with E-state index in [9.17, 15) is 5.26 Å². The van der Waals surface area contributed by atoms with Crippen LogP contribution >= 0.6 is 11.3 Å². The lowest BCUT2D eigenvalue weighted by atomic mass is 10.1. The van der Waals surface area contributed by atoms with Gasteiger partial charge in [0.2, 0.25) is 0 Å². The van der Waals surface area contributed by atoms with E-state index in [1.807, 2.05) is 26.0 Å². The highest BCUT2D eigenvalue weighted by molar-refractivity contribution is 7.19. The molecule has 2 unspecified atom stereocenters. The first kappa shape index (κ1) is 15.9. The lowest BCUT2D eigenvalue weighted by Crippen LogP contribution is -2.45. The summed E-state index contributed by atoms with van der Waals surface area (Å²) < 4.78 is 5.78. The minimum absolute atomic E-state index is 0.169. The van der Waals surface area contributed by atoms with Crippen LogP contribution in [-0.2, 0) is 4.74 Å². The van der Waals surface area contributed by atoms with Crippen molar-refractivity contribution >= 4 is 16.5 Å². The van der Waals surface area contributed by atoms with Gasteiger partial charge >= 0.3 is 0 Å². The van der Waals surface area contributed by atoms with Crippen molar-refractivity contribution in [3.63, 3.8) is 0 Å². The molecule has 3 heterocycles. The van der Waals surface area contributed by atoms with Gasteiger partial charge in [0.05, 0.1) is 17.1 Å². The van der Waals surface area contributed by atoms with E-state index < -0.39 is 0 Å². The van der Waals surface area contributed by atoms with Gasteiger partial charge in [0.1, 0.15) is 6.07 Å². The summed E-state index contributed by atoms with van der Waals surface area (Å²) in [7, 11) is 0. The Bertz CT molecular complexity index is 734. The van der Waals surface area contributed by atoms with E-state index in [0.717, 1.165) is 40.0 Å². The first-order chi connectivity index (χ1) is 11.0. The van der Waals surface area contributed by atoms with E-state index in [0.29, 0.717) is 5.69 Å². The molecule has 120 valence electrons. The summed E-state index contributed by atoms with van der Waals surface area (Å²) in [6.07, 6.45) is 0.337. The number of anilines is 1. The topological polar surface area (TPSA) is 62.0 Å². The predicted octanol–water partition coefficient (Wildman–Crippen LogP) is 3.31. The van der Waals surface area contributed by atoms with Crippen LogP contribution in [0.3, 0.4) is 0 Å². The molecule has 6 heteroatoms. The van der Waals surface area contributed by atoms with Crippen LogP contribution in [0.5, 0.6) is 0 Å². The normalized spacial score (nSPS) is 21.3. The monoisotopic (exact) mass is 328 g/mol. The van der Waals surface area contributed by atoms with Crippen molar-refractivity contribution in [2.75, 3.05) is 18.0 Å². The quantitative estimate of drug-likeness (QED) is 0.846. The third-order valence-electron chi connectivity index (χ3n) is 3.76. The number of ether oxygens (including phenoxy) is 1. The molecule has 0 bridgehead atoms. The second-order valence-electron chi connectivity index (χ2n) is 6.09. The van der Waals surface area contributed by atoms with Crippen LogP contribution in [0.15, 0.2) is 12.1 Å². The molecule has 2 atom stereocenters. The SMILES string of the molecule is Cc1cc(-c2sc(N3CC(C)OC(C)C3)nc2C#N)cc(C)n1. The molecule has 1 aliphatic heterocycles. The van der Waals surface area contributed by atoms with Crippen molar-refractivity contribution in [1.29, 1.82) is 5.26 Å². The summed E-state index contributed by atoms with van der Waals surface area (Å²) in [6.45, 7) is 9.68. The number of morpholine rings is 1. The Kier molecular flexibility index (Phi) is 4.33. The van der Waals surface area contributed by atoms with Gasteiger partial charge in [-0.25, -0.2) is 4.98 Å². The van der Waals surface area contributed by atoms with Crippen LogP contribution in [0.25, 0.3) is 10.4 Å². The number of aromatic nitrogens is 2. The molecule has 0 saturated carbocycles. The van der Waals surface area contributed by atoms with Crippen molar-refractivity contribution in [1.82, 2.24) is 9.97 Å². The summed E-state index contributed by atoms with van der Waals surface area (Å²) in [5.74, 6) is 0. The van der Waals surface area contributed by atoms with Crippen molar-refractivity contribution in [3.05, 3.63) is 29.2 Å². The van der Waals surface area contributed by atoms with E-state index in [1.54, 1.807) is 11.3 Å². The van der Waals surface area contributed by atoms with Crippen LogP contribution in [-0.4, -0.2) is 35.3 Å². The van der Waals surface area contributed by atoms with E-state index in [-0.39, 0.29) is 12.2 Å². The molecular weight excluding hydrogens is 308 g/mol. The number of nitriles is 1. The Balaban J connectivity index is 1.99. The number of pyridine rings is 1. The molecule has 1 aliphatic rings. The van der Waals surface area contributed by atoms with Crippen LogP contribution in [0.2, 0.25) is 0 Å². The van der Waals surface area contributed by atoms with E-state index in [1.165, 1.54) is 0 Å². The Morgan fingerprint density at radius 2 is 1.78 bits per heavy atom. The molecular formula is C17H20N4OS. The molecule has 0 aromatic carbocycles. The van der Waals surface area contributed by atoms with Gasteiger partial charge in [-0.05, 0) is 45.4 Å². The molecule has 0 radical (unpaired) electrons. The molecule has 0 N–H and O–H groups in total. The predicted molar refractivity (Wildman–Crippen MR) is 91.8 cm³/mol. The maximum atomic E-state index is 9.47. The number of hydrogen-bond donors (Lipinski definition) is 0. The smallest absolute Gasteiger partial charge is 0.187 e. The summed E-state index contributed by atoms with van der Waals surface area (Å²) in [6, 6.07) is 6.26. The summed E-state index contributed by atoms with van der Waals surface area (Å²) in [5.41, 5.74) is 3.41. The van der Waals surface area contributed by atoms with Gasteiger partial charge < -0.3 is 9.64 Å². The molecule has 1 fully saturated rings. The molecule has 2 aromatic heterocycles. The maximum absolute atomic E-state index is 9.47. The minimum Gasteiger partial charge on any atom is -0.372 e. The molecule has 3 rings (SSSR count). The zero-order chi connectivity index (χ0) is 16.6. The number of rotatable bonds is 2. The van der Waals surface area contributed by atoms with E-state index in [2.05, 4.69) is 34.8 Å². The Morgan fingerprint density at radius 3 is 2.35 bits per heavy atom. The second kappa shape index (κ2) is 6.26. The third kappa shape index (κ3) is 3.36. The Morgan fingerprint density at radius 1 is 1.17 bits per heavy atom. The van der Waals surface area contributed by atoms with Crippen LogP contribution in [0.4, 0.5) is 5.13 Å². The van der Waals surface area contributed by atoms with Crippen molar-refractivity contribution < 1.29 is 4.74 Å². The highest BCUT2D eigenvalue weighted by Crippen LogP contribution is 2.36. The highest BCUT2D eigenvalue weighted by Gasteiger charge is 2.26. The van der Waals surface area contributed by atoms with Crippen molar-refractivity contribution in [2.24, 2.45) is 0 Å². The fourth-order valence-corrected chi connectivity index (χ4v) is 4.04. The van der Waals surface area contributed by atoms with Gasteiger partial charge in [0, 0.05) is 24.5 Å². The molecule has 0 spiro atoms. The van der Waals surface area contributed by atoms with E-state index >= 15 is 0 Å². The zero-order valence-electron chi connectivity index (χ0n) is 13.8. The Labute approximate surface area is 140 Å². The average Bonchev–Trinajstić information content (AvgIpc) is 2.89. The Hall–Kier alpha value is -1.97. The minimum atomic E-state index is 0.169. The van der Waals surface area contributed by atoms with Gasteiger partial charge in [-0.3, -0.25) is 4.98 Å². The third-order valence-corrected chi connectivity index (χ3v) is 4.92. The maximum Gasteiger partial charge on any atom is 0.187 e. The highest BCUT2D eigenvalue weighted by atomic mass is 32.1. The fourth-order valence-electron chi connectivity index (χ4n) is 3.02. The fraction of sp³-hybridized carbons (Fsp3) is 0.471. The van der Waals surface area contributed by atoms with Gasteiger partial charge in [0.15, 0.2) is 10.8 Å². The molecule has 5 nitrogen and oxygen atoms in total. The van der Waals surface area contributed by atoms with Crippen molar-refractivity contribution in [3.8, 4) is 16.5 Å². The van der Waals surface area contributed by atoms with Crippen molar-refractivity contribution in [2.45, 2.75) is 39.9 Å². The largest absolute Gasteiger partial charge is 0.372 e. The van der Waals surface area contributed by atoms with Gasteiger partial charge in [-0.15, -0.1) is 0 Å². The molecule has 2 aromatic rings. The first-order valence-electron chi connectivity index (χ1n) is 7.73. The zero-order valence-corrected chi connectivity index (χ0v) is 14.6. The molecule has 1 saturated heterocycles. The number of aryl methyl sites for hydroxylation is 2. The number of hydrogen-bond acceptors (Lipinski definition) is 6. The molecule has 0 amide bonds. The summed E-state index contributed by atoms with van der Waals surface area (Å²) in [5, 5.41) is 10.4. The number of thiazole rings is 1. The van der Waals surface area contributed by atoms with E-state index in [4.69, 9.17) is 4.74 Å². The van der Waals surface area contributed by atoms with Gasteiger partial charge in [-0.2, -0.15) is 5.26 Å². The molecule has 0 aliphatic carbocycles. The first-order valence-corrected chi connectivity index (χ1v) is 8.55. The van der Waals surface area contributed by atoms with Crippen LogP contribution in [0, 0.1) is 25.2 Å². The lowest BCUT2D eigenvalue weighted by molar-refractivity contribution is -0.00523. The lowest BCUT2D eigenvalue weighted by Gasteiger charge is -2.35. The van der Waals surface area contributed by atoms with Crippen LogP contribution < -0.4 is 4.90 Å². The number of nitrogens with zero attached hydrogens (tertiary/aromatic N) is 4. The van der Waals surface area contributed by atoms with Crippen LogP contribution in [0.1, 0.15) is 30.9 Å². The second-order valence-corrected chi connectivity index (χ2v) is 7.06. The average molecular weight is 328 g/mol. The molecule has 23 heavy (non-hydrogen) atoms. The summed E-state index contributed by atoms with van der Waals surface area (Å²) in [4.78, 5) is 12.1.